The molecule has 1 aromatic carbocycles. The van der Waals surface area contributed by atoms with Crippen molar-refractivity contribution in [2.75, 3.05) is 32.7 Å². The van der Waals surface area contributed by atoms with Crippen molar-refractivity contribution in [3.8, 4) is 0 Å². The Morgan fingerprint density at radius 2 is 1.77 bits per heavy atom. The van der Waals surface area contributed by atoms with E-state index in [1.54, 1.807) is 0 Å². The van der Waals surface area contributed by atoms with Gasteiger partial charge in [0.15, 0.2) is 0 Å². The number of hydrogen-bond donors (Lipinski definition) is 0. The zero-order valence-corrected chi connectivity index (χ0v) is 14.1. The summed E-state index contributed by atoms with van der Waals surface area (Å²) in [4.78, 5) is 4.93. The summed E-state index contributed by atoms with van der Waals surface area (Å²) in [7, 11) is 0. The molecule has 0 unspecified atom stereocenters. The van der Waals surface area contributed by atoms with E-state index in [2.05, 4.69) is 34.0 Å². The van der Waals surface area contributed by atoms with Crippen molar-refractivity contribution in [3.63, 3.8) is 0 Å². The van der Waals surface area contributed by atoms with Crippen molar-refractivity contribution in [3.05, 3.63) is 28.9 Å². The molecule has 0 saturated carbocycles. The normalized spacial score (nSPS) is 17.4. The summed E-state index contributed by atoms with van der Waals surface area (Å²) in [6.07, 6.45) is 0. The molecule has 1 aliphatic heterocycles. The third-order valence-corrected chi connectivity index (χ3v) is 4.48. The Morgan fingerprint density at radius 3 is 2.50 bits per heavy atom. The molecule has 0 aliphatic carbocycles. The molecule has 0 atom stereocenters. The minimum absolute atomic E-state index is 0.728. The van der Waals surface area contributed by atoms with Crippen LogP contribution in [0.15, 0.2) is 24.3 Å². The molecule has 1 aliphatic rings. The SMILES string of the molecule is CC(C)CN1CCN(Cn2nnc3ccccc3c2=S)CC1. The van der Waals surface area contributed by atoms with Gasteiger partial charge in [-0.25, -0.2) is 4.68 Å². The fourth-order valence-corrected chi connectivity index (χ4v) is 3.20. The maximum atomic E-state index is 5.57. The Morgan fingerprint density at radius 1 is 1.09 bits per heavy atom. The molecule has 2 aromatic rings. The highest BCUT2D eigenvalue weighted by Crippen LogP contribution is 2.12. The van der Waals surface area contributed by atoms with Gasteiger partial charge in [0.1, 0.15) is 4.64 Å². The fraction of sp³-hybridized carbons (Fsp3) is 0.562. The van der Waals surface area contributed by atoms with Crippen LogP contribution >= 0.6 is 12.2 Å². The van der Waals surface area contributed by atoms with Crippen LogP contribution in [0.25, 0.3) is 10.9 Å². The van der Waals surface area contributed by atoms with Gasteiger partial charge in [-0.15, -0.1) is 5.10 Å². The molecule has 5 nitrogen and oxygen atoms in total. The summed E-state index contributed by atoms with van der Waals surface area (Å²) in [5.74, 6) is 0.728. The van der Waals surface area contributed by atoms with Crippen LogP contribution < -0.4 is 0 Å². The number of rotatable bonds is 4. The Hall–Kier alpha value is -1.37. The minimum Gasteiger partial charge on any atom is -0.301 e. The predicted molar refractivity (Wildman–Crippen MR) is 91.2 cm³/mol. The zero-order chi connectivity index (χ0) is 15.5. The van der Waals surface area contributed by atoms with Crippen LogP contribution in [0.4, 0.5) is 0 Å². The molecule has 0 N–H and O–H groups in total. The van der Waals surface area contributed by atoms with Crippen molar-refractivity contribution < 1.29 is 0 Å². The molecule has 0 bridgehead atoms. The van der Waals surface area contributed by atoms with E-state index < -0.39 is 0 Å². The number of nitrogens with zero attached hydrogens (tertiary/aromatic N) is 5. The molecular formula is C16H23N5S. The third-order valence-electron chi connectivity index (χ3n) is 4.05. The minimum atomic E-state index is 0.728. The van der Waals surface area contributed by atoms with Gasteiger partial charge in [0.25, 0.3) is 0 Å². The van der Waals surface area contributed by atoms with E-state index in [4.69, 9.17) is 12.2 Å². The second kappa shape index (κ2) is 6.81. The topological polar surface area (TPSA) is 37.2 Å². The monoisotopic (exact) mass is 317 g/mol. The van der Waals surface area contributed by atoms with E-state index in [-0.39, 0.29) is 0 Å². The summed E-state index contributed by atoms with van der Waals surface area (Å²) in [6, 6.07) is 7.93. The molecule has 1 aromatic heterocycles. The molecule has 0 amide bonds. The van der Waals surface area contributed by atoms with E-state index in [1.165, 1.54) is 6.54 Å². The standard InChI is InChI=1S/C16H23N5S/c1-13(2)11-19-7-9-20(10-8-19)12-21-16(22)14-5-3-4-6-15(14)17-18-21/h3-6,13H,7-12H2,1-2H3. The van der Waals surface area contributed by atoms with Crippen molar-refractivity contribution in [2.45, 2.75) is 20.5 Å². The van der Waals surface area contributed by atoms with E-state index >= 15 is 0 Å². The molecule has 2 heterocycles. The van der Waals surface area contributed by atoms with Gasteiger partial charge >= 0.3 is 0 Å². The molecular weight excluding hydrogens is 294 g/mol. The molecule has 22 heavy (non-hydrogen) atoms. The van der Waals surface area contributed by atoms with Gasteiger partial charge in [-0.1, -0.05) is 43.4 Å². The van der Waals surface area contributed by atoms with Crippen molar-refractivity contribution in [1.82, 2.24) is 24.8 Å². The highest BCUT2D eigenvalue weighted by atomic mass is 32.1. The van der Waals surface area contributed by atoms with Crippen LogP contribution in [-0.2, 0) is 6.67 Å². The summed E-state index contributed by atoms with van der Waals surface area (Å²) < 4.78 is 2.62. The Balaban J connectivity index is 1.67. The largest absolute Gasteiger partial charge is 0.301 e. The average Bonchev–Trinajstić information content (AvgIpc) is 2.52. The van der Waals surface area contributed by atoms with Gasteiger partial charge < -0.3 is 4.90 Å². The van der Waals surface area contributed by atoms with Gasteiger partial charge in [-0.3, -0.25) is 4.90 Å². The second-order valence-electron chi connectivity index (χ2n) is 6.37. The second-order valence-corrected chi connectivity index (χ2v) is 6.75. The summed E-state index contributed by atoms with van der Waals surface area (Å²) in [6.45, 7) is 10.8. The lowest BCUT2D eigenvalue weighted by atomic mass is 10.2. The molecule has 1 fully saturated rings. The first-order valence-electron chi connectivity index (χ1n) is 7.91. The number of fused-ring (bicyclic) bond motifs is 1. The zero-order valence-electron chi connectivity index (χ0n) is 13.3. The summed E-state index contributed by atoms with van der Waals surface area (Å²) >= 11 is 5.57. The predicted octanol–water partition coefficient (Wildman–Crippen LogP) is 2.39. The molecule has 3 rings (SSSR count). The van der Waals surface area contributed by atoms with Crippen molar-refractivity contribution >= 4 is 23.1 Å². The van der Waals surface area contributed by atoms with Crippen molar-refractivity contribution in [1.29, 1.82) is 0 Å². The van der Waals surface area contributed by atoms with Crippen LogP contribution in [0.3, 0.4) is 0 Å². The van der Waals surface area contributed by atoms with E-state index in [1.807, 2.05) is 28.9 Å². The highest BCUT2D eigenvalue weighted by Gasteiger charge is 2.18. The van der Waals surface area contributed by atoms with Crippen LogP contribution in [0.2, 0.25) is 0 Å². The number of benzene rings is 1. The smallest absolute Gasteiger partial charge is 0.135 e. The maximum Gasteiger partial charge on any atom is 0.135 e. The van der Waals surface area contributed by atoms with Crippen LogP contribution in [-0.4, -0.2) is 57.5 Å². The summed E-state index contributed by atoms with van der Waals surface area (Å²) in [5, 5.41) is 9.55. The van der Waals surface area contributed by atoms with Crippen LogP contribution in [0.5, 0.6) is 0 Å². The van der Waals surface area contributed by atoms with Crippen LogP contribution in [0, 0.1) is 10.6 Å². The third kappa shape index (κ3) is 3.51. The van der Waals surface area contributed by atoms with E-state index in [0.717, 1.165) is 54.3 Å². The Kier molecular flexibility index (Phi) is 4.81. The Bertz CT molecular complexity index is 688. The lowest BCUT2D eigenvalue weighted by Gasteiger charge is -2.35. The quantitative estimate of drug-likeness (QED) is 0.810. The first-order chi connectivity index (χ1) is 10.6. The number of aromatic nitrogens is 3. The molecule has 118 valence electrons. The van der Waals surface area contributed by atoms with E-state index in [9.17, 15) is 0 Å². The lowest BCUT2D eigenvalue weighted by molar-refractivity contribution is 0.0938. The first kappa shape index (κ1) is 15.5. The Labute approximate surface area is 136 Å². The summed E-state index contributed by atoms with van der Waals surface area (Å²) in [5.41, 5.74) is 0.866. The van der Waals surface area contributed by atoms with Crippen LogP contribution in [0.1, 0.15) is 13.8 Å². The van der Waals surface area contributed by atoms with Gasteiger partial charge in [-0.2, -0.15) is 0 Å². The van der Waals surface area contributed by atoms with Crippen molar-refractivity contribution in [2.24, 2.45) is 5.92 Å². The molecule has 0 radical (unpaired) electrons. The maximum absolute atomic E-state index is 5.57. The molecule has 0 spiro atoms. The first-order valence-corrected chi connectivity index (χ1v) is 8.31. The number of hydrogen-bond acceptors (Lipinski definition) is 5. The van der Waals surface area contributed by atoms with Gasteiger partial charge in [-0.05, 0) is 18.1 Å². The molecule has 6 heteroatoms. The lowest BCUT2D eigenvalue weighted by Crippen LogP contribution is -2.47. The van der Waals surface area contributed by atoms with E-state index in [0.29, 0.717) is 0 Å². The van der Waals surface area contributed by atoms with Gasteiger partial charge in [0.05, 0.1) is 12.2 Å². The average molecular weight is 317 g/mol. The molecule has 1 saturated heterocycles. The van der Waals surface area contributed by atoms with Gasteiger partial charge in [0, 0.05) is 38.1 Å². The van der Waals surface area contributed by atoms with Gasteiger partial charge in [0.2, 0.25) is 0 Å². The number of piperazine rings is 1. The fourth-order valence-electron chi connectivity index (χ4n) is 2.94. The highest BCUT2D eigenvalue weighted by molar-refractivity contribution is 7.71.